The zero-order valence-electron chi connectivity index (χ0n) is 12.1. The van der Waals surface area contributed by atoms with Crippen LogP contribution < -0.4 is 5.73 Å². The van der Waals surface area contributed by atoms with Crippen LogP contribution >= 0.6 is 0 Å². The minimum absolute atomic E-state index is 0.353. The van der Waals surface area contributed by atoms with Gasteiger partial charge in [-0.05, 0) is 36.6 Å². The van der Waals surface area contributed by atoms with Crippen LogP contribution in [0.15, 0.2) is 48.5 Å². The molecule has 2 aromatic carbocycles. The number of carboxylic acid groups (broad SMARTS) is 1. The molecule has 0 spiro atoms. The van der Waals surface area contributed by atoms with Gasteiger partial charge in [0.25, 0.3) is 0 Å². The van der Waals surface area contributed by atoms with Crippen molar-refractivity contribution in [3.8, 4) is 0 Å². The maximum atomic E-state index is 11.4. The molecule has 0 saturated heterocycles. The highest BCUT2D eigenvalue weighted by Gasteiger charge is 2.12. The molecular formula is C17H20N2O2. The predicted octanol–water partition coefficient (Wildman–Crippen LogP) is 3.30. The zero-order valence-corrected chi connectivity index (χ0v) is 12.1. The first kappa shape index (κ1) is 14.9. The molecule has 3 N–H and O–H groups in total. The molecule has 21 heavy (non-hydrogen) atoms. The predicted molar refractivity (Wildman–Crippen MR) is 84.2 cm³/mol. The number of nitrogens with zero attached hydrogens (tertiary/aromatic N) is 1. The molecule has 2 rings (SSSR count). The van der Waals surface area contributed by atoms with Gasteiger partial charge in [0.1, 0.15) is 0 Å². The number of benzene rings is 2. The van der Waals surface area contributed by atoms with E-state index in [0.717, 1.165) is 11.1 Å². The van der Waals surface area contributed by atoms with Crippen molar-refractivity contribution in [3.05, 3.63) is 65.2 Å². The fraction of sp³-hybridized carbons (Fsp3) is 0.235. The fourth-order valence-electron chi connectivity index (χ4n) is 2.29. The lowest BCUT2D eigenvalue weighted by Crippen LogP contribution is -2.31. The summed E-state index contributed by atoms with van der Waals surface area (Å²) >= 11 is 0. The Hall–Kier alpha value is -2.49. The number of anilines is 1. The van der Waals surface area contributed by atoms with Gasteiger partial charge >= 0.3 is 6.09 Å². The molecule has 4 heteroatoms. The topological polar surface area (TPSA) is 66.6 Å². The molecule has 0 atom stereocenters. The Morgan fingerprint density at radius 2 is 1.86 bits per heavy atom. The SMILES string of the molecule is Cc1cccc(CCN(Cc2cccc(N)c2)C(=O)O)c1. The Labute approximate surface area is 124 Å². The number of hydrogen-bond acceptors (Lipinski definition) is 2. The number of nitrogens with two attached hydrogens (primary N) is 1. The Kier molecular flexibility index (Phi) is 4.82. The van der Waals surface area contributed by atoms with Gasteiger partial charge < -0.3 is 15.7 Å². The molecule has 0 bridgehead atoms. The summed E-state index contributed by atoms with van der Waals surface area (Å²) in [5.41, 5.74) is 9.61. The van der Waals surface area contributed by atoms with E-state index in [9.17, 15) is 9.90 Å². The first-order valence-corrected chi connectivity index (χ1v) is 6.92. The maximum absolute atomic E-state index is 11.4. The largest absolute Gasteiger partial charge is 0.465 e. The third kappa shape index (κ3) is 4.53. The maximum Gasteiger partial charge on any atom is 0.407 e. The summed E-state index contributed by atoms with van der Waals surface area (Å²) in [6.45, 7) is 2.85. The van der Waals surface area contributed by atoms with Gasteiger partial charge in [0.2, 0.25) is 0 Å². The third-order valence-electron chi connectivity index (χ3n) is 3.35. The quantitative estimate of drug-likeness (QED) is 0.828. The van der Waals surface area contributed by atoms with Crippen LogP contribution in [0, 0.1) is 6.92 Å². The monoisotopic (exact) mass is 284 g/mol. The molecule has 0 aliphatic heterocycles. The van der Waals surface area contributed by atoms with Crippen LogP contribution in [0.1, 0.15) is 16.7 Å². The fourth-order valence-corrected chi connectivity index (χ4v) is 2.29. The van der Waals surface area contributed by atoms with E-state index in [0.29, 0.717) is 25.2 Å². The van der Waals surface area contributed by atoms with Crippen molar-refractivity contribution >= 4 is 11.8 Å². The summed E-state index contributed by atoms with van der Waals surface area (Å²) in [5, 5.41) is 9.33. The van der Waals surface area contributed by atoms with E-state index >= 15 is 0 Å². The second-order valence-corrected chi connectivity index (χ2v) is 5.19. The van der Waals surface area contributed by atoms with E-state index in [2.05, 4.69) is 6.07 Å². The Bertz CT molecular complexity index is 626. The first-order chi connectivity index (χ1) is 10.0. The van der Waals surface area contributed by atoms with Crippen LogP contribution in [-0.2, 0) is 13.0 Å². The molecule has 0 aliphatic carbocycles. The summed E-state index contributed by atoms with van der Waals surface area (Å²) in [5.74, 6) is 0. The highest BCUT2D eigenvalue weighted by molar-refractivity contribution is 5.65. The first-order valence-electron chi connectivity index (χ1n) is 6.92. The summed E-state index contributed by atoms with van der Waals surface area (Å²) in [4.78, 5) is 12.8. The molecular weight excluding hydrogens is 264 g/mol. The van der Waals surface area contributed by atoms with Gasteiger partial charge in [0.05, 0.1) is 0 Å². The van der Waals surface area contributed by atoms with Crippen molar-refractivity contribution in [2.24, 2.45) is 0 Å². The summed E-state index contributed by atoms with van der Waals surface area (Å²) in [6.07, 6.45) is -0.207. The van der Waals surface area contributed by atoms with Crippen molar-refractivity contribution in [1.29, 1.82) is 0 Å². The van der Waals surface area contributed by atoms with Crippen LogP contribution in [0.5, 0.6) is 0 Å². The van der Waals surface area contributed by atoms with Crippen LogP contribution in [0.3, 0.4) is 0 Å². The standard InChI is InChI=1S/C17H20N2O2/c1-13-4-2-5-14(10-13)8-9-19(17(20)21)12-15-6-3-7-16(18)11-15/h2-7,10-11H,8-9,12,18H2,1H3,(H,20,21). The summed E-state index contributed by atoms with van der Waals surface area (Å²) in [6, 6.07) is 15.5. The van der Waals surface area contributed by atoms with Crippen molar-refractivity contribution in [2.75, 3.05) is 12.3 Å². The van der Waals surface area contributed by atoms with Crippen molar-refractivity contribution in [3.63, 3.8) is 0 Å². The molecule has 0 heterocycles. The molecule has 4 nitrogen and oxygen atoms in total. The molecule has 0 aromatic heterocycles. The normalized spacial score (nSPS) is 10.3. The molecule has 0 unspecified atom stereocenters. The Morgan fingerprint density at radius 3 is 2.52 bits per heavy atom. The van der Waals surface area contributed by atoms with E-state index in [-0.39, 0.29) is 0 Å². The van der Waals surface area contributed by atoms with E-state index in [4.69, 9.17) is 5.73 Å². The summed E-state index contributed by atoms with van der Waals surface area (Å²) in [7, 11) is 0. The molecule has 0 fully saturated rings. The second kappa shape index (κ2) is 6.79. The van der Waals surface area contributed by atoms with E-state index < -0.39 is 6.09 Å². The van der Waals surface area contributed by atoms with Gasteiger partial charge in [-0.2, -0.15) is 0 Å². The van der Waals surface area contributed by atoms with Gasteiger partial charge in [-0.1, -0.05) is 42.0 Å². The summed E-state index contributed by atoms with van der Waals surface area (Å²) < 4.78 is 0. The number of amides is 1. The molecule has 2 aromatic rings. The van der Waals surface area contributed by atoms with Crippen molar-refractivity contribution < 1.29 is 9.90 Å². The molecule has 110 valence electrons. The number of nitrogen functional groups attached to an aromatic ring is 1. The highest BCUT2D eigenvalue weighted by Crippen LogP contribution is 2.11. The number of rotatable bonds is 5. The Balaban J connectivity index is 2.01. The molecule has 0 aliphatic rings. The lowest BCUT2D eigenvalue weighted by Gasteiger charge is -2.19. The van der Waals surface area contributed by atoms with E-state index in [1.54, 1.807) is 6.07 Å². The van der Waals surface area contributed by atoms with Gasteiger partial charge in [-0.25, -0.2) is 4.79 Å². The zero-order chi connectivity index (χ0) is 15.2. The van der Waals surface area contributed by atoms with Crippen molar-refractivity contribution in [2.45, 2.75) is 19.9 Å². The van der Waals surface area contributed by atoms with Crippen molar-refractivity contribution in [1.82, 2.24) is 4.90 Å². The number of aryl methyl sites for hydroxylation is 1. The van der Waals surface area contributed by atoms with E-state index in [1.165, 1.54) is 10.5 Å². The average molecular weight is 284 g/mol. The molecule has 1 amide bonds. The third-order valence-corrected chi connectivity index (χ3v) is 3.35. The van der Waals surface area contributed by atoms with Gasteiger partial charge in [-0.3, -0.25) is 0 Å². The van der Waals surface area contributed by atoms with Gasteiger partial charge in [-0.15, -0.1) is 0 Å². The minimum Gasteiger partial charge on any atom is -0.465 e. The minimum atomic E-state index is -0.912. The average Bonchev–Trinajstić information content (AvgIpc) is 2.43. The van der Waals surface area contributed by atoms with Crippen LogP contribution in [0.25, 0.3) is 0 Å². The second-order valence-electron chi connectivity index (χ2n) is 5.19. The Morgan fingerprint density at radius 1 is 1.14 bits per heavy atom. The smallest absolute Gasteiger partial charge is 0.407 e. The lowest BCUT2D eigenvalue weighted by molar-refractivity contribution is 0.143. The lowest BCUT2D eigenvalue weighted by atomic mass is 10.1. The number of carbonyl (C=O) groups is 1. The van der Waals surface area contributed by atoms with Gasteiger partial charge in [0.15, 0.2) is 0 Å². The van der Waals surface area contributed by atoms with Gasteiger partial charge in [0, 0.05) is 18.8 Å². The molecule has 0 saturated carbocycles. The van der Waals surface area contributed by atoms with E-state index in [1.807, 2.05) is 43.3 Å². The highest BCUT2D eigenvalue weighted by atomic mass is 16.4. The van der Waals surface area contributed by atoms with Crippen LogP contribution in [0.2, 0.25) is 0 Å². The van der Waals surface area contributed by atoms with Crippen LogP contribution in [0.4, 0.5) is 10.5 Å². The molecule has 0 radical (unpaired) electrons. The number of hydrogen-bond donors (Lipinski definition) is 2. The van der Waals surface area contributed by atoms with Crippen LogP contribution in [-0.4, -0.2) is 22.6 Å².